The molecule has 0 spiro atoms. The van der Waals surface area contributed by atoms with E-state index >= 15 is 0 Å². The molecule has 0 bridgehead atoms. The first-order valence-electron chi connectivity index (χ1n) is 4.67. The van der Waals surface area contributed by atoms with Crippen LogP contribution in [-0.2, 0) is 24.3 Å². The maximum absolute atomic E-state index is 10.6. The zero-order chi connectivity index (χ0) is 10.1. The lowest BCUT2D eigenvalue weighted by Crippen LogP contribution is -2.08. The summed E-state index contributed by atoms with van der Waals surface area (Å²) in [6, 6.07) is 5.92. The zero-order valence-corrected chi connectivity index (χ0v) is 8.16. The second kappa shape index (κ2) is 3.42. The van der Waals surface area contributed by atoms with E-state index in [1.54, 1.807) is 0 Å². The Morgan fingerprint density at radius 2 is 2.29 bits per heavy atom. The number of carboxylic acid groups (broad SMARTS) is 1. The first kappa shape index (κ1) is 9.21. The molecule has 0 fully saturated rings. The van der Waals surface area contributed by atoms with E-state index in [1.807, 2.05) is 19.2 Å². The summed E-state index contributed by atoms with van der Waals surface area (Å²) >= 11 is 0. The van der Waals surface area contributed by atoms with E-state index in [9.17, 15) is 4.79 Å². The van der Waals surface area contributed by atoms with Crippen molar-refractivity contribution in [3.63, 3.8) is 0 Å². The molecule has 1 N–H and O–H groups in total. The van der Waals surface area contributed by atoms with Gasteiger partial charge < -0.3 is 5.11 Å². The minimum atomic E-state index is -0.757. The molecule has 3 nitrogen and oxygen atoms in total. The Hall–Kier alpha value is -1.35. The quantitative estimate of drug-likeness (QED) is 0.765. The van der Waals surface area contributed by atoms with Crippen molar-refractivity contribution in [3.8, 4) is 0 Å². The molecule has 0 aliphatic carbocycles. The number of aliphatic carboxylic acids is 1. The number of hydrogen-bond donors (Lipinski definition) is 1. The highest BCUT2D eigenvalue weighted by Crippen LogP contribution is 2.24. The van der Waals surface area contributed by atoms with Crippen molar-refractivity contribution in [1.29, 1.82) is 0 Å². The van der Waals surface area contributed by atoms with E-state index in [0.717, 1.165) is 18.7 Å². The zero-order valence-electron chi connectivity index (χ0n) is 8.16. The van der Waals surface area contributed by atoms with Gasteiger partial charge in [0.1, 0.15) is 0 Å². The van der Waals surface area contributed by atoms with E-state index < -0.39 is 5.97 Å². The number of nitrogens with zero attached hydrogens (tertiary/aromatic N) is 1. The van der Waals surface area contributed by atoms with Crippen LogP contribution < -0.4 is 0 Å². The number of hydrogen-bond acceptors (Lipinski definition) is 2. The number of carbonyl (C=O) groups is 1. The number of rotatable bonds is 2. The Morgan fingerprint density at radius 3 is 3.00 bits per heavy atom. The first-order chi connectivity index (χ1) is 6.66. The van der Waals surface area contributed by atoms with Crippen LogP contribution in [0.5, 0.6) is 0 Å². The van der Waals surface area contributed by atoms with Gasteiger partial charge in [-0.1, -0.05) is 18.2 Å². The van der Waals surface area contributed by atoms with Gasteiger partial charge in [0.05, 0.1) is 6.42 Å². The van der Waals surface area contributed by atoms with Crippen molar-refractivity contribution in [3.05, 3.63) is 34.9 Å². The molecule has 1 aliphatic heterocycles. The normalized spacial score (nSPS) is 15.5. The van der Waals surface area contributed by atoms with E-state index in [-0.39, 0.29) is 6.42 Å². The molecule has 3 heteroatoms. The molecule has 14 heavy (non-hydrogen) atoms. The van der Waals surface area contributed by atoms with Crippen LogP contribution in [0.1, 0.15) is 16.7 Å². The topological polar surface area (TPSA) is 40.5 Å². The fourth-order valence-electron chi connectivity index (χ4n) is 1.98. The predicted molar refractivity (Wildman–Crippen MR) is 53.0 cm³/mol. The Morgan fingerprint density at radius 1 is 1.50 bits per heavy atom. The molecule has 0 saturated heterocycles. The van der Waals surface area contributed by atoms with E-state index in [1.165, 1.54) is 11.1 Å². The van der Waals surface area contributed by atoms with Gasteiger partial charge in [-0.3, -0.25) is 9.69 Å². The van der Waals surface area contributed by atoms with E-state index in [2.05, 4.69) is 11.0 Å². The van der Waals surface area contributed by atoms with Crippen molar-refractivity contribution < 1.29 is 9.90 Å². The molecule has 0 atom stereocenters. The maximum Gasteiger partial charge on any atom is 0.307 e. The molecule has 1 aliphatic rings. The summed E-state index contributed by atoms with van der Waals surface area (Å²) in [5.74, 6) is -0.757. The molecule has 1 heterocycles. The molecule has 1 aromatic rings. The molecule has 0 saturated carbocycles. The highest BCUT2D eigenvalue weighted by Gasteiger charge is 2.18. The summed E-state index contributed by atoms with van der Waals surface area (Å²) in [5, 5.41) is 8.75. The van der Waals surface area contributed by atoms with Gasteiger partial charge in [0.2, 0.25) is 0 Å². The third-order valence-corrected chi connectivity index (χ3v) is 2.58. The second-order valence-corrected chi connectivity index (χ2v) is 3.80. The molecule has 0 aromatic heterocycles. The fourth-order valence-corrected chi connectivity index (χ4v) is 1.98. The van der Waals surface area contributed by atoms with Crippen LogP contribution >= 0.6 is 0 Å². The maximum atomic E-state index is 10.6. The Balaban J connectivity index is 2.34. The van der Waals surface area contributed by atoms with Crippen LogP contribution in [0.3, 0.4) is 0 Å². The van der Waals surface area contributed by atoms with Crippen LogP contribution in [0.25, 0.3) is 0 Å². The van der Waals surface area contributed by atoms with Gasteiger partial charge in [0.25, 0.3) is 0 Å². The molecule has 2 rings (SSSR count). The standard InChI is InChI=1S/C11H13NO2/c1-12-6-9-4-2-3-8(5-11(13)14)10(9)7-12/h2-4H,5-7H2,1H3,(H,13,14). The van der Waals surface area contributed by atoms with Gasteiger partial charge in [-0.2, -0.15) is 0 Å². The molecular weight excluding hydrogens is 178 g/mol. The van der Waals surface area contributed by atoms with Gasteiger partial charge in [-0.05, 0) is 23.7 Å². The number of carboxylic acids is 1. The van der Waals surface area contributed by atoms with Crippen LogP contribution in [0.15, 0.2) is 18.2 Å². The van der Waals surface area contributed by atoms with Crippen molar-refractivity contribution in [2.24, 2.45) is 0 Å². The smallest absolute Gasteiger partial charge is 0.307 e. The monoisotopic (exact) mass is 191 g/mol. The lowest BCUT2D eigenvalue weighted by Gasteiger charge is -2.05. The highest BCUT2D eigenvalue weighted by atomic mass is 16.4. The molecular formula is C11H13NO2. The third kappa shape index (κ3) is 1.63. The van der Waals surface area contributed by atoms with Crippen molar-refractivity contribution in [2.45, 2.75) is 19.5 Å². The highest BCUT2D eigenvalue weighted by molar-refractivity contribution is 5.71. The third-order valence-electron chi connectivity index (χ3n) is 2.58. The van der Waals surface area contributed by atoms with Crippen LogP contribution in [0.2, 0.25) is 0 Å². The molecule has 0 amide bonds. The first-order valence-corrected chi connectivity index (χ1v) is 4.67. The summed E-state index contributed by atoms with van der Waals surface area (Å²) in [6.07, 6.45) is 0.136. The van der Waals surface area contributed by atoms with Crippen molar-refractivity contribution in [1.82, 2.24) is 4.90 Å². The Labute approximate surface area is 83.0 Å². The van der Waals surface area contributed by atoms with E-state index in [0.29, 0.717) is 0 Å². The number of benzene rings is 1. The SMILES string of the molecule is CN1Cc2cccc(CC(=O)O)c2C1. The average molecular weight is 191 g/mol. The van der Waals surface area contributed by atoms with Crippen LogP contribution in [0, 0.1) is 0 Å². The summed E-state index contributed by atoms with van der Waals surface area (Å²) in [5.41, 5.74) is 3.43. The average Bonchev–Trinajstić information content (AvgIpc) is 2.45. The van der Waals surface area contributed by atoms with Crippen molar-refractivity contribution >= 4 is 5.97 Å². The van der Waals surface area contributed by atoms with Crippen LogP contribution in [0.4, 0.5) is 0 Å². The summed E-state index contributed by atoms with van der Waals surface area (Å²) in [7, 11) is 2.05. The minimum Gasteiger partial charge on any atom is -0.481 e. The second-order valence-electron chi connectivity index (χ2n) is 3.80. The fraction of sp³-hybridized carbons (Fsp3) is 0.364. The van der Waals surface area contributed by atoms with Gasteiger partial charge in [-0.15, -0.1) is 0 Å². The summed E-state index contributed by atoms with van der Waals surface area (Å²) in [4.78, 5) is 12.8. The minimum absolute atomic E-state index is 0.136. The van der Waals surface area contributed by atoms with Crippen molar-refractivity contribution in [2.75, 3.05) is 7.05 Å². The number of fused-ring (bicyclic) bond motifs is 1. The summed E-state index contributed by atoms with van der Waals surface area (Å²) in [6.45, 7) is 1.81. The van der Waals surface area contributed by atoms with E-state index in [4.69, 9.17) is 5.11 Å². The Kier molecular flexibility index (Phi) is 2.25. The van der Waals surface area contributed by atoms with Gasteiger partial charge in [-0.25, -0.2) is 0 Å². The van der Waals surface area contributed by atoms with Gasteiger partial charge >= 0.3 is 5.97 Å². The largest absolute Gasteiger partial charge is 0.481 e. The molecule has 74 valence electrons. The molecule has 0 unspecified atom stereocenters. The molecule has 1 aromatic carbocycles. The predicted octanol–water partition coefficient (Wildman–Crippen LogP) is 1.26. The lowest BCUT2D eigenvalue weighted by molar-refractivity contribution is -0.136. The Bertz CT molecular complexity index is 374. The van der Waals surface area contributed by atoms with Crippen LogP contribution in [-0.4, -0.2) is 23.0 Å². The van der Waals surface area contributed by atoms with Gasteiger partial charge in [0.15, 0.2) is 0 Å². The lowest BCUT2D eigenvalue weighted by atomic mass is 10.0. The van der Waals surface area contributed by atoms with Gasteiger partial charge in [0, 0.05) is 13.1 Å². The molecule has 0 radical (unpaired) electrons. The summed E-state index contributed by atoms with van der Waals surface area (Å²) < 4.78 is 0.